The first kappa shape index (κ1) is 39.3. The van der Waals surface area contributed by atoms with Gasteiger partial charge >= 0.3 is 5.97 Å². The van der Waals surface area contributed by atoms with Crippen LogP contribution in [-0.4, -0.2) is 54.8 Å². The Morgan fingerprint density at radius 3 is 1.67 bits per heavy atom. The van der Waals surface area contributed by atoms with Crippen molar-refractivity contribution in [1.29, 1.82) is 0 Å². The number of aliphatic hydroxyl groups is 1. The van der Waals surface area contributed by atoms with Crippen molar-refractivity contribution in [1.82, 2.24) is 0 Å². The van der Waals surface area contributed by atoms with Gasteiger partial charge in [-0.2, -0.15) is 0 Å². The van der Waals surface area contributed by atoms with Gasteiger partial charge in [0.25, 0.3) is 0 Å². The van der Waals surface area contributed by atoms with E-state index in [0.29, 0.717) is 5.56 Å². The third-order valence-electron chi connectivity index (χ3n) is 9.98. The molecule has 1 aromatic rings. The number of likely N-dealkylation sites (tertiary alicyclic amines) is 1. The Kier molecular flexibility index (Phi) is 19.7. The van der Waals surface area contributed by atoms with Crippen LogP contribution in [0.3, 0.4) is 0 Å². The normalized spacial score (nSPS) is 19.1. The fourth-order valence-electron chi connectivity index (χ4n) is 7.11. The lowest BCUT2D eigenvalue weighted by atomic mass is 9.80. The molecule has 45 heavy (non-hydrogen) atoms. The predicted octanol–water partition coefficient (Wildman–Crippen LogP) is 8.23. The summed E-state index contributed by atoms with van der Waals surface area (Å²) in [5, 5.41) is 21.6. The molecule has 258 valence electrons. The van der Waals surface area contributed by atoms with Gasteiger partial charge in [0.2, 0.25) is 0 Å². The minimum Gasteiger partial charge on any atom is -0.550 e. The zero-order chi connectivity index (χ0) is 32.8. The van der Waals surface area contributed by atoms with E-state index in [-0.39, 0.29) is 18.4 Å². The number of carbonyl (C=O) groups excluding carboxylic acids is 2. The molecule has 3 rings (SSSR count). The predicted molar refractivity (Wildman–Crippen MR) is 182 cm³/mol. The average Bonchev–Trinajstić information content (AvgIpc) is 3.69. The Morgan fingerprint density at radius 1 is 0.778 bits per heavy atom. The van der Waals surface area contributed by atoms with Crippen LogP contribution in [0.5, 0.6) is 0 Å². The molecule has 1 aromatic carbocycles. The monoisotopic (exact) mass is 630 g/mol. The number of nitrogens with zero attached hydrogens (tertiary/aromatic N) is 1. The van der Waals surface area contributed by atoms with Gasteiger partial charge in [0.15, 0.2) is 11.7 Å². The van der Waals surface area contributed by atoms with Gasteiger partial charge in [-0.15, -0.1) is 0 Å². The van der Waals surface area contributed by atoms with Crippen LogP contribution >= 0.6 is 0 Å². The SMILES string of the molecule is CCCCCCCCCCCCCCCCCCCC(=O)[O-].C[N+]1(C)CCC(OC(=O)C(O)(c2ccccc2)C2CCCC2)C1. The summed E-state index contributed by atoms with van der Waals surface area (Å²) in [5.41, 5.74) is -0.832. The Labute approximate surface area is 275 Å². The van der Waals surface area contributed by atoms with Crippen LogP contribution in [-0.2, 0) is 19.9 Å². The number of unbranched alkanes of at least 4 members (excludes halogenated alkanes) is 16. The molecule has 0 radical (unpaired) electrons. The number of carboxylic acids is 1. The smallest absolute Gasteiger partial charge is 0.343 e. The van der Waals surface area contributed by atoms with Gasteiger partial charge in [0.05, 0.1) is 20.6 Å². The van der Waals surface area contributed by atoms with Crippen molar-refractivity contribution >= 4 is 11.9 Å². The number of ether oxygens (including phenoxy) is 1. The van der Waals surface area contributed by atoms with Crippen LogP contribution in [0.2, 0.25) is 0 Å². The van der Waals surface area contributed by atoms with Crippen molar-refractivity contribution in [2.75, 3.05) is 27.2 Å². The van der Waals surface area contributed by atoms with Crippen LogP contribution in [0.4, 0.5) is 0 Å². The van der Waals surface area contributed by atoms with Gasteiger partial charge < -0.3 is 24.2 Å². The number of hydrogen-bond donors (Lipinski definition) is 1. The lowest BCUT2D eigenvalue weighted by Crippen LogP contribution is -2.46. The van der Waals surface area contributed by atoms with E-state index in [1.807, 2.05) is 30.3 Å². The maximum absolute atomic E-state index is 12.9. The summed E-state index contributed by atoms with van der Waals surface area (Å²) in [7, 11) is 4.29. The number of esters is 1. The Morgan fingerprint density at radius 2 is 1.24 bits per heavy atom. The third kappa shape index (κ3) is 16.0. The molecule has 1 heterocycles. The number of carboxylic acid groups (broad SMARTS) is 1. The lowest BCUT2D eigenvalue weighted by molar-refractivity contribution is -0.879. The first-order chi connectivity index (χ1) is 21.7. The number of carbonyl (C=O) groups is 2. The van der Waals surface area contributed by atoms with E-state index in [4.69, 9.17) is 4.74 Å². The topological polar surface area (TPSA) is 86.7 Å². The molecule has 0 bridgehead atoms. The van der Waals surface area contributed by atoms with Crippen LogP contribution in [0.25, 0.3) is 0 Å². The van der Waals surface area contributed by atoms with E-state index >= 15 is 0 Å². The highest BCUT2D eigenvalue weighted by Crippen LogP contribution is 2.42. The maximum atomic E-state index is 12.9. The number of rotatable bonds is 22. The molecule has 1 aliphatic heterocycles. The number of quaternary nitrogens is 1. The van der Waals surface area contributed by atoms with Crippen LogP contribution < -0.4 is 5.11 Å². The minimum atomic E-state index is -1.50. The molecule has 1 saturated carbocycles. The molecule has 1 saturated heterocycles. The summed E-state index contributed by atoms with van der Waals surface area (Å²) in [6.07, 6.45) is 27.5. The minimum absolute atomic E-state index is 0.0405. The first-order valence-electron chi connectivity index (χ1n) is 18.7. The summed E-state index contributed by atoms with van der Waals surface area (Å²) in [6, 6.07) is 9.33. The molecule has 6 nitrogen and oxygen atoms in total. The van der Waals surface area contributed by atoms with E-state index in [1.165, 1.54) is 96.3 Å². The van der Waals surface area contributed by atoms with E-state index in [2.05, 4.69) is 21.0 Å². The molecule has 1 aliphatic carbocycles. The van der Waals surface area contributed by atoms with Crippen LogP contribution in [0, 0.1) is 5.92 Å². The molecule has 1 N–H and O–H groups in total. The second-order valence-corrected chi connectivity index (χ2v) is 14.6. The summed E-state index contributed by atoms with van der Waals surface area (Å²) in [5.74, 6) is -1.40. The average molecular weight is 630 g/mol. The molecule has 0 spiro atoms. The van der Waals surface area contributed by atoms with Crippen molar-refractivity contribution < 1.29 is 29.0 Å². The Balaban J connectivity index is 0.000000314. The highest BCUT2D eigenvalue weighted by atomic mass is 16.6. The van der Waals surface area contributed by atoms with E-state index in [0.717, 1.165) is 62.5 Å². The summed E-state index contributed by atoms with van der Waals surface area (Å²) in [4.78, 5) is 23.2. The van der Waals surface area contributed by atoms with Crippen molar-refractivity contribution in [2.24, 2.45) is 5.92 Å². The van der Waals surface area contributed by atoms with Crippen LogP contribution in [0.15, 0.2) is 30.3 Å². The third-order valence-corrected chi connectivity index (χ3v) is 9.98. The van der Waals surface area contributed by atoms with E-state index in [9.17, 15) is 19.8 Å². The number of hydrogen-bond acceptors (Lipinski definition) is 5. The number of aliphatic carboxylic acids is 1. The van der Waals surface area contributed by atoms with Crippen molar-refractivity contribution in [3.05, 3.63) is 35.9 Å². The highest BCUT2D eigenvalue weighted by molar-refractivity contribution is 5.81. The number of benzene rings is 1. The van der Waals surface area contributed by atoms with Crippen molar-refractivity contribution in [3.8, 4) is 0 Å². The largest absolute Gasteiger partial charge is 0.550 e. The number of likely N-dealkylation sites (N-methyl/N-ethyl adjacent to an activating group) is 1. The zero-order valence-corrected chi connectivity index (χ0v) is 29.2. The fraction of sp³-hybridized carbons (Fsp3) is 0.795. The van der Waals surface area contributed by atoms with Gasteiger partial charge in [-0.1, -0.05) is 153 Å². The molecule has 0 aromatic heterocycles. The van der Waals surface area contributed by atoms with E-state index in [1.54, 1.807) is 0 Å². The van der Waals surface area contributed by atoms with Crippen molar-refractivity contribution in [2.45, 2.75) is 166 Å². The summed E-state index contributed by atoms with van der Waals surface area (Å²) in [6.45, 7) is 4.10. The van der Waals surface area contributed by atoms with Gasteiger partial charge in [-0.25, -0.2) is 4.79 Å². The second kappa shape index (κ2) is 22.6. The molecular weight excluding hydrogens is 562 g/mol. The fourth-order valence-corrected chi connectivity index (χ4v) is 7.11. The van der Waals surface area contributed by atoms with Gasteiger partial charge in [-0.3, -0.25) is 0 Å². The first-order valence-corrected chi connectivity index (χ1v) is 18.7. The quantitative estimate of drug-likeness (QED) is 0.0793. The molecular formula is C39H67NO5. The van der Waals surface area contributed by atoms with E-state index < -0.39 is 17.5 Å². The van der Waals surface area contributed by atoms with Crippen molar-refractivity contribution in [3.63, 3.8) is 0 Å². The summed E-state index contributed by atoms with van der Waals surface area (Å²) >= 11 is 0. The molecule has 2 fully saturated rings. The molecule has 2 unspecified atom stereocenters. The van der Waals surface area contributed by atoms with Gasteiger partial charge in [0, 0.05) is 18.3 Å². The molecule has 2 atom stereocenters. The molecule has 2 aliphatic rings. The van der Waals surface area contributed by atoms with Crippen LogP contribution in [0.1, 0.15) is 160 Å². The van der Waals surface area contributed by atoms with Gasteiger partial charge in [-0.05, 0) is 31.2 Å². The summed E-state index contributed by atoms with van der Waals surface area (Å²) < 4.78 is 6.64. The maximum Gasteiger partial charge on any atom is 0.343 e. The Hall–Kier alpha value is -1.92. The molecule has 6 heteroatoms. The standard InChI is InChI=1S/C20H40O2.C19H28NO3/c1-2-3-4-5-6-7-8-9-10-11-12-13-14-15-16-17-18-19-20(21)22;1-20(2)13-12-17(14-20)23-18(21)19(22,16-10-6-7-11-16)15-8-4-3-5-9-15/h2-19H2,1H3,(H,21,22);3-5,8-9,16-17,22H,6-7,10-14H2,1-2H3/q;+1/p-1. The lowest BCUT2D eigenvalue weighted by Gasteiger charge is -2.33. The second-order valence-electron chi connectivity index (χ2n) is 14.6. The zero-order valence-electron chi connectivity index (χ0n) is 29.2. The van der Waals surface area contributed by atoms with Gasteiger partial charge in [0.1, 0.15) is 6.54 Å². The molecule has 0 amide bonds. The Bertz CT molecular complexity index is 913. The highest BCUT2D eigenvalue weighted by Gasteiger charge is 2.49.